The van der Waals surface area contributed by atoms with Crippen molar-refractivity contribution in [3.63, 3.8) is 0 Å². The summed E-state index contributed by atoms with van der Waals surface area (Å²) in [4.78, 5) is 14.5. The molecule has 0 saturated carbocycles. The van der Waals surface area contributed by atoms with Crippen molar-refractivity contribution >= 4 is 5.91 Å². The number of carbonyl (C=O) groups is 1. The van der Waals surface area contributed by atoms with Gasteiger partial charge in [-0.3, -0.25) is 9.69 Å². The molecule has 0 bridgehead atoms. The summed E-state index contributed by atoms with van der Waals surface area (Å²) in [6.45, 7) is 8.16. The van der Waals surface area contributed by atoms with Crippen LogP contribution < -0.4 is 5.32 Å². The Balaban J connectivity index is 1.85. The zero-order chi connectivity index (χ0) is 15.1. The van der Waals surface area contributed by atoms with Crippen molar-refractivity contribution < 1.29 is 9.53 Å². The third-order valence-corrected chi connectivity index (χ3v) is 4.18. The zero-order valence-corrected chi connectivity index (χ0v) is 13.0. The molecule has 1 amide bonds. The highest BCUT2D eigenvalue weighted by Gasteiger charge is 2.26. The fourth-order valence-corrected chi connectivity index (χ4v) is 2.71. The van der Waals surface area contributed by atoms with Gasteiger partial charge in [0.05, 0.1) is 6.61 Å². The fourth-order valence-electron chi connectivity index (χ4n) is 2.71. The van der Waals surface area contributed by atoms with Crippen molar-refractivity contribution in [2.45, 2.75) is 32.3 Å². The first-order valence-corrected chi connectivity index (χ1v) is 7.91. The molecule has 4 heteroatoms. The lowest BCUT2D eigenvalue weighted by Crippen LogP contribution is -2.50. The third-order valence-electron chi connectivity index (χ3n) is 4.18. The summed E-state index contributed by atoms with van der Waals surface area (Å²) in [6, 6.07) is 10.4. The number of hydrogen-bond donors (Lipinski definition) is 1. The average Bonchev–Trinajstić information content (AvgIpc) is 2.56. The van der Waals surface area contributed by atoms with Crippen LogP contribution in [-0.2, 0) is 9.53 Å². The van der Waals surface area contributed by atoms with Gasteiger partial charge in [0.15, 0.2) is 0 Å². The van der Waals surface area contributed by atoms with Gasteiger partial charge in [-0.25, -0.2) is 0 Å². The SMILES string of the molecule is CC[C@@H](CNC(=O)[C@@H]1CN(CC)CCO1)c1ccccc1. The minimum Gasteiger partial charge on any atom is -0.366 e. The van der Waals surface area contributed by atoms with Crippen molar-refractivity contribution in [3.8, 4) is 0 Å². The molecule has 0 unspecified atom stereocenters. The molecule has 1 fully saturated rings. The topological polar surface area (TPSA) is 41.6 Å². The molecule has 0 aliphatic carbocycles. The number of nitrogens with zero attached hydrogens (tertiary/aromatic N) is 1. The zero-order valence-electron chi connectivity index (χ0n) is 13.0. The highest BCUT2D eigenvalue weighted by atomic mass is 16.5. The van der Waals surface area contributed by atoms with Crippen molar-refractivity contribution in [1.29, 1.82) is 0 Å². The molecule has 0 spiro atoms. The standard InChI is InChI=1S/C17H26N2O2/c1-3-14(15-8-6-5-7-9-15)12-18-17(20)16-13-19(4-2)10-11-21-16/h5-9,14,16H,3-4,10-13H2,1-2H3,(H,18,20)/t14-,16-/m0/s1. The Morgan fingerprint density at radius 2 is 2.14 bits per heavy atom. The summed E-state index contributed by atoms with van der Waals surface area (Å²) in [7, 11) is 0. The quantitative estimate of drug-likeness (QED) is 0.871. The van der Waals surface area contributed by atoms with E-state index in [-0.39, 0.29) is 12.0 Å². The lowest BCUT2D eigenvalue weighted by molar-refractivity contribution is -0.138. The predicted octanol–water partition coefficient (Wildman–Crippen LogP) is 2.02. The van der Waals surface area contributed by atoms with Crippen LogP contribution in [0.25, 0.3) is 0 Å². The van der Waals surface area contributed by atoms with Gasteiger partial charge >= 0.3 is 0 Å². The summed E-state index contributed by atoms with van der Waals surface area (Å²) in [5.74, 6) is 0.378. The molecule has 116 valence electrons. The number of rotatable bonds is 6. The minimum atomic E-state index is -0.327. The smallest absolute Gasteiger partial charge is 0.250 e. The Hall–Kier alpha value is -1.39. The number of hydrogen-bond acceptors (Lipinski definition) is 3. The molecular formula is C17H26N2O2. The number of morpholine rings is 1. The number of ether oxygens (including phenoxy) is 1. The Morgan fingerprint density at radius 1 is 1.38 bits per heavy atom. The molecular weight excluding hydrogens is 264 g/mol. The second kappa shape index (κ2) is 8.15. The monoisotopic (exact) mass is 290 g/mol. The lowest BCUT2D eigenvalue weighted by Gasteiger charge is -2.31. The molecule has 1 saturated heterocycles. The highest BCUT2D eigenvalue weighted by molar-refractivity contribution is 5.81. The first-order chi connectivity index (χ1) is 10.2. The van der Waals surface area contributed by atoms with Gasteiger partial charge in [0.2, 0.25) is 5.91 Å². The predicted molar refractivity (Wildman–Crippen MR) is 84.3 cm³/mol. The van der Waals surface area contributed by atoms with Crippen molar-refractivity contribution in [3.05, 3.63) is 35.9 Å². The molecule has 0 aromatic heterocycles. The third kappa shape index (κ3) is 4.55. The second-order valence-corrected chi connectivity index (χ2v) is 5.51. The first kappa shape index (κ1) is 16.0. The molecule has 1 N–H and O–H groups in total. The van der Waals surface area contributed by atoms with E-state index in [1.165, 1.54) is 5.56 Å². The maximum absolute atomic E-state index is 12.2. The molecule has 21 heavy (non-hydrogen) atoms. The molecule has 1 aromatic carbocycles. The Labute approximate surface area is 127 Å². The van der Waals surface area contributed by atoms with Gasteiger partial charge in [-0.15, -0.1) is 0 Å². The summed E-state index contributed by atoms with van der Waals surface area (Å²) in [5, 5.41) is 3.06. The van der Waals surface area contributed by atoms with E-state index in [0.29, 0.717) is 25.6 Å². The molecule has 0 radical (unpaired) electrons. The highest BCUT2D eigenvalue weighted by Crippen LogP contribution is 2.18. The van der Waals surface area contributed by atoms with Crippen LogP contribution in [0.15, 0.2) is 30.3 Å². The molecule has 1 aliphatic rings. The van der Waals surface area contributed by atoms with E-state index in [2.05, 4.69) is 36.2 Å². The van der Waals surface area contributed by atoms with Crippen LogP contribution in [0.4, 0.5) is 0 Å². The van der Waals surface area contributed by atoms with Crippen molar-refractivity contribution in [2.24, 2.45) is 0 Å². The van der Waals surface area contributed by atoms with E-state index in [1.807, 2.05) is 18.2 Å². The van der Waals surface area contributed by atoms with Crippen LogP contribution in [0.2, 0.25) is 0 Å². The largest absolute Gasteiger partial charge is 0.366 e. The number of likely N-dealkylation sites (N-methyl/N-ethyl adjacent to an activating group) is 1. The summed E-state index contributed by atoms with van der Waals surface area (Å²) in [6.07, 6.45) is 0.684. The molecule has 1 aliphatic heterocycles. The maximum atomic E-state index is 12.2. The van der Waals surface area contributed by atoms with Gasteiger partial charge in [-0.05, 0) is 18.5 Å². The van der Waals surface area contributed by atoms with E-state index in [9.17, 15) is 4.79 Å². The maximum Gasteiger partial charge on any atom is 0.250 e. The molecule has 1 heterocycles. The second-order valence-electron chi connectivity index (χ2n) is 5.51. The van der Waals surface area contributed by atoms with E-state index in [1.54, 1.807) is 0 Å². The summed E-state index contributed by atoms with van der Waals surface area (Å²) < 4.78 is 5.59. The van der Waals surface area contributed by atoms with Crippen LogP contribution in [0.5, 0.6) is 0 Å². The lowest BCUT2D eigenvalue weighted by atomic mass is 9.96. The average molecular weight is 290 g/mol. The van der Waals surface area contributed by atoms with E-state index < -0.39 is 0 Å². The Morgan fingerprint density at radius 3 is 2.81 bits per heavy atom. The number of nitrogens with one attached hydrogen (secondary N) is 1. The molecule has 2 atom stereocenters. The van der Waals surface area contributed by atoms with Crippen LogP contribution in [0.3, 0.4) is 0 Å². The van der Waals surface area contributed by atoms with Crippen LogP contribution in [0.1, 0.15) is 31.7 Å². The minimum absolute atomic E-state index is 0.0162. The van der Waals surface area contributed by atoms with Crippen LogP contribution in [-0.4, -0.2) is 49.7 Å². The van der Waals surface area contributed by atoms with Crippen molar-refractivity contribution in [2.75, 3.05) is 32.8 Å². The first-order valence-electron chi connectivity index (χ1n) is 7.91. The summed E-state index contributed by atoms with van der Waals surface area (Å²) in [5.41, 5.74) is 1.28. The van der Waals surface area contributed by atoms with Gasteiger partial charge in [0.25, 0.3) is 0 Å². The summed E-state index contributed by atoms with van der Waals surface area (Å²) >= 11 is 0. The molecule has 2 rings (SSSR count). The number of amides is 1. The van der Waals surface area contributed by atoms with E-state index >= 15 is 0 Å². The Kier molecular flexibility index (Phi) is 6.21. The van der Waals surface area contributed by atoms with Crippen LogP contribution >= 0.6 is 0 Å². The fraction of sp³-hybridized carbons (Fsp3) is 0.588. The normalized spacial score (nSPS) is 21.0. The van der Waals surface area contributed by atoms with E-state index in [4.69, 9.17) is 4.74 Å². The van der Waals surface area contributed by atoms with Gasteiger partial charge in [-0.2, -0.15) is 0 Å². The number of benzene rings is 1. The van der Waals surface area contributed by atoms with Crippen molar-refractivity contribution in [1.82, 2.24) is 10.2 Å². The molecule has 1 aromatic rings. The van der Waals surface area contributed by atoms with Gasteiger partial charge in [-0.1, -0.05) is 44.2 Å². The van der Waals surface area contributed by atoms with Gasteiger partial charge in [0.1, 0.15) is 6.10 Å². The number of carbonyl (C=O) groups excluding carboxylic acids is 1. The van der Waals surface area contributed by atoms with E-state index in [0.717, 1.165) is 19.5 Å². The Bertz CT molecular complexity index is 436. The van der Waals surface area contributed by atoms with Gasteiger partial charge < -0.3 is 10.1 Å². The van der Waals surface area contributed by atoms with Crippen LogP contribution in [0, 0.1) is 0 Å². The molecule has 4 nitrogen and oxygen atoms in total. The van der Waals surface area contributed by atoms with Gasteiger partial charge in [0, 0.05) is 25.6 Å².